The zero-order valence-electron chi connectivity index (χ0n) is 13.8. The molecule has 0 spiro atoms. The van der Waals surface area contributed by atoms with Crippen molar-refractivity contribution in [2.75, 3.05) is 6.61 Å². The summed E-state index contributed by atoms with van der Waals surface area (Å²) in [6.45, 7) is 11.3. The van der Waals surface area contributed by atoms with Crippen LogP contribution in [0.1, 0.15) is 41.5 Å². The van der Waals surface area contributed by atoms with Gasteiger partial charge in [0.2, 0.25) is 0 Å². The normalized spacial score (nSPS) is 21.0. The van der Waals surface area contributed by atoms with Crippen LogP contribution >= 0.6 is 0 Å². The molecule has 1 rings (SSSR count). The molecule has 0 bridgehead atoms. The second kappa shape index (κ2) is 6.20. The first-order valence-electron chi connectivity index (χ1n) is 7.15. The van der Waals surface area contributed by atoms with Crippen molar-refractivity contribution in [1.29, 1.82) is 0 Å². The maximum Gasteiger partial charge on any atom is 0.339 e. The second-order valence-corrected chi connectivity index (χ2v) is 7.38. The number of rotatable bonds is 3. The van der Waals surface area contributed by atoms with Crippen LogP contribution in [0.2, 0.25) is 0 Å². The minimum Gasteiger partial charge on any atom is -0.456 e. The lowest BCUT2D eigenvalue weighted by molar-refractivity contribution is -0.151. The van der Waals surface area contributed by atoms with Crippen LogP contribution in [0.25, 0.3) is 0 Å². The summed E-state index contributed by atoms with van der Waals surface area (Å²) >= 11 is 0. The molecule has 0 aromatic heterocycles. The average molecular weight is 297 g/mol. The van der Waals surface area contributed by atoms with Crippen molar-refractivity contribution in [3.63, 3.8) is 0 Å². The molecule has 0 saturated carbocycles. The zero-order chi connectivity index (χ0) is 16.4. The van der Waals surface area contributed by atoms with Crippen molar-refractivity contribution < 1.29 is 19.7 Å². The largest absolute Gasteiger partial charge is 0.456 e. The second-order valence-electron chi connectivity index (χ2n) is 7.38. The van der Waals surface area contributed by atoms with Gasteiger partial charge in [-0.05, 0) is 32.3 Å². The molecule has 0 fully saturated rings. The summed E-state index contributed by atoms with van der Waals surface area (Å²) in [6, 6.07) is -0.196. The van der Waals surface area contributed by atoms with E-state index in [-0.39, 0.29) is 23.6 Å². The van der Waals surface area contributed by atoms with Gasteiger partial charge in [0.25, 0.3) is 0 Å². The van der Waals surface area contributed by atoms with Crippen molar-refractivity contribution in [3.8, 4) is 0 Å². The number of esters is 1. The summed E-state index contributed by atoms with van der Waals surface area (Å²) in [5, 5.41) is 19.6. The van der Waals surface area contributed by atoms with Gasteiger partial charge >= 0.3 is 5.97 Å². The molecule has 2 atom stereocenters. The summed E-state index contributed by atoms with van der Waals surface area (Å²) < 4.78 is 5.30. The number of ether oxygens (including phenoxy) is 1. The number of carbonyl (C=O) groups excluding carboxylic acids is 1. The molecule has 5 nitrogen and oxygen atoms in total. The van der Waals surface area contributed by atoms with Crippen LogP contribution in [0.15, 0.2) is 24.0 Å². The summed E-state index contributed by atoms with van der Waals surface area (Å²) in [4.78, 5) is 13.9. The molecule has 0 aliphatic carbocycles. The monoisotopic (exact) mass is 297 g/mol. The molecule has 0 radical (unpaired) electrons. The van der Waals surface area contributed by atoms with E-state index in [1.54, 1.807) is 38.1 Å². The van der Waals surface area contributed by atoms with E-state index in [1.807, 2.05) is 20.8 Å². The third-order valence-electron chi connectivity index (χ3n) is 3.21. The number of nitrogens with zero attached hydrogens (tertiary/aromatic N) is 1. The van der Waals surface area contributed by atoms with E-state index in [4.69, 9.17) is 4.74 Å². The van der Waals surface area contributed by atoms with E-state index in [0.717, 1.165) is 0 Å². The quantitative estimate of drug-likeness (QED) is 0.778. The van der Waals surface area contributed by atoms with Crippen LogP contribution in [-0.4, -0.2) is 45.4 Å². The standard InChI is InChI=1S/C16H27NO4/c1-15(2,3)13(10-18)17-8-7-12(19)11(9-17)14(20)21-16(4,5)6/h7-9,12-13,18-19H,10H2,1-6H3/t12?,13-/m0/s1. The van der Waals surface area contributed by atoms with Crippen molar-refractivity contribution in [1.82, 2.24) is 4.90 Å². The Balaban J connectivity index is 3.01. The van der Waals surface area contributed by atoms with Crippen molar-refractivity contribution in [3.05, 3.63) is 24.0 Å². The molecule has 0 aromatic carbocycles. The first-order valence-corrected chi connectivity index (χ1v) is 7.15. The lowest BCUT2D eigenvalue weighted by atomic mass is 9.86. The number of aliphatic hydroxyl groups excluding tert-OH is 2. The summed E-state index contributed by atoms with van der Waals surface area (Å²) in [6.07, 6.45) is 3.78. The molecule has 1 unspecified atom stereocenters. The highest BCUT2D eigenvalue weighted by Crippen LogP contribution is 2.28. The van der Waals surface area contributed by atoms with Crippen molar-refractivity contribution in [2.24, 2.45) is 5.41 Å². The number of carbonyl (C=O) groups is 1. The molecular formula is C16H27NO4. The van der Waals surface area contributed by atoms with Crippen LogP contribution in [0.3, 0.4) is 0 Å². The third kappa shape index (κ3) is 4.86. The van der Waals surface area contributed by atoms with Gasteiger partial charge in [-0.15, -0.1) is 0 Å². The summed E-state index contributed by atoms with van der Waals surface area (Å²) in [7, 11) is 0. The topological polar surface area (TPSA) is 70.0 Å². The van der Waals surface area contributed by atoms with E-state index in [0.29, 0.717) is 0 Å². The fourth-order valence-electron chi connectivity index (χ4n) is 2.08. The lowest BCUT2D eigenvalue weighted by Gasteiger charge is -2.38. The molecule has 0 aromatic rings. The maximum absolute atomic E-state index is 12.2. The van der Waals surface area contributed by atoms with E-state index in [2.05, 4.69) is 0 Å². The van der Waals surface area contributed by atoms with Crippen LogP contribution < -0.4 is 0 Å². The number of hydrogen-bond acceptors (Lipinski definition) is 5. The van der Waals surface area contributed by atoms with Gasteiger partial charge in [0.05, 0.1) is 18.2 Å². The van der Waals surface area contributed by atoms with Gasteiger partial charge in [0.1, 0.15) is 11.7 Å². The lowest BCUT2D eigenvalue weighted by Crippen LogP contribution is -2.43. The highest BCUT2D eigenvalue weighted by molar-refractivity contribution is 5.90. The minimum absolute atomic E-state index is 0.0535. The Labute approximate surface area is 126 Å². The molecule has 120 valence electrons. The number of aliphatic hydroxyl groups is 2. The molecule has 2 N–H and O–H groups in total. The van der Waals surface area contributed by atoms with E-state index in [9.17, 15) is 15.0 Å². The highest BCUT2D eigenvalue weighted by atomic mass is 16.6. The zero-order valence-corrected chi connectivity index (χ0v) is 13.8. The van der Waals surface area contributed by atoms with Gasteiger partial charge in [-0.1, -0.05) is 20.8 Å². The van der Waals surface area contributed by atoms with Crippen LogP contribution in [-0.2, 0) is 9.53 Å². The van der Waals surface area contributed by atoms with Gasteiger partial charge in [0.15, 0.2) is 0 Å². The Hall–Kier alpha value is -1.33. The Kier molecular flexibility index (Phi) is 5.23. The predicted octanol–water partition coefficient (Wildman–Crippen LogP) is 1.81. The Morgan fingerprint density at radius 2 is 1.90 bits per heavy atom. The Morgan fingerprint density at radius 3 is 2.33 bits per heavy atom. The number of hydrogen-bond donors (Lipinski definition) is 2. The van der Waals surface area contributed by atoms with Crippen LogP contribution in [0.5, 0.6) is 0 Å². The van der Waals surface area contributed by atoms with Crippen LogP contribution in [0, 0.1) is 5.41 Å². The molecule has 1 aliphatic rings. The summed E-state index contributed by atoms with van der Waals surface area (Å²) in [5.74, 6) is -0.546. The van der Waals surface area contributed by atoms with E-state index >= 15 is 0 Å². The molecule has 21 heavy (non-hydrogen) atoms. The first kappa shape index (κ1) is 17.7. The molecule has 0 amide bonds. The predicted molar refractivity (Wildman–Crippen MR) is 81.2 cm³/mol. The smallest absolute Gasteiger partial charge is 0.339 e. The minimum atomic E-state index is -0.990. The van der Waals surface area contributed by atoms with Gasteiger partial charge in [-0.2, -0.15) is 0 Å². The van der Waals surface area contributed by atoms with Crippen LogP contribution in [0.4, 0.5) is 0 Å². The maximum atomic E-state index is 12.2. The van der Waals surface area contributed by atoms with Crippen molar-refractivity contribution in [2.45, 2.75) is 59.3 Å². The molecule has 5 heteroatoms. The molecular weight excluding hydrogens is 270 g/mol. The molecule has 0 saturated heterocycles. The van der Waals surface area contributed by atoms with Gasteiger partial charge in [-0.25, -0.2) is 4.79 Å². The Morgan fingerprint density at radius 1 is 1.33 bits per heavy atom. The third-order valence-corrected chi connectivity index (χ3v) is 3.21. The molecule has 1 aliphatic heterocycles. The first-order chi connectivity index (χ1) is 9.45. The fraction of sp³-hybridized carbons (Fsp3) is 0.688. The van der Waals surface area contributed by atoms with Gasteiger partial charge in [0, 0.05) is 12.4 Å². The van der Waals surface area contributed by atoms with Gasteiger partial charge < -0.3 is 19.8 Å². The SMILES string of the molecule is CC(C)(C)OC(=O)C1=CN([C@@H](CO)C(C)(C)C)C=CC1O. The van der Waals surface area contributed by atoms with Crippen molar-refractivity contribution >= 4 is 5.97 Å². The van der Waals surface area contributed by atoms with E-state index in [1.165, 1.54) is 6.08 Å². The highest BCUT2D eigenvalue weighted by Gasteiger charge is 2.32. The summed E-state index contributed by atoms with van der Waals surface area (Å²) in [5.41, 5.74) is -0.629. The average Bonchev–Trinajstić information content (AvgIpc) is 2.27. The van der Waals surface area contributed by atoms with E-state index < -0.39 is 17.7 Å². The molecule has 1 heterocycles. The van der Waals surface area contributed by atoms with Gasteiger partial charge in [-0.3, -0.25) is 0 Å². The Bertz CT molecular complexity index is 440. The fourth-order valence-corrected chi connectivity index (χ4v) is 2.08.